The van der Waals surface area contributed by atoms with Gasteiger partial charge in [-0.05, 0) is 107 Å². The van der Waals surface area contributed by atoms with Crippen molar-refractivity contribution in [2.75, 3.05) is 0 Å². The third-order valence-electron chi connectivity index (χ3n) is 11.0. The zero-order valence-electron chi connectivity index (χ0n) is 28.4. The Bertz CT molecular complexity index is 2740. The van der Waals surface area contributed by atoms with E-state index >= 15 is 0 Å². The molecule has 0 heterocycles. The number of rotatable bonds is 5. The van der Waals surface area contributed by atoms with Gasteiger partial charge < -0.3 is 0 Å². The summed E-state index contributed by atoms with van der Waals surface area (Å²) in [7, 11) is 0. The van der Waals surface area contributed by atoms with E-state index in [2.05, 4.69) is 194 Å². The minimum atomic E-state index is -0.515. The summed E-state index contributed by atoms with van der Waals surface area (Å²) in [5.74, 6) is 0. The van der Waals surface area contributed by atoms with Gasteiger partial charge in [-0.2, -0.15) is 0 Å². The molecule has 9 aromatic rings. The first-order chi connectivity index (χ1) is 25.7. The van der Waals surface area contributed by atoms with Crippen molar-refractivity contribution in [3.8, 4) is 44.5 Å². The number of benzene rings is 9. The van der Waals surface area contributed by atoms with Crippen LogP contribution in [0, 0.1) is 0 Å². The summed E-state index contributed by atoms with van der Waals surface area (Å²) >= 11 is 6.81. The average Bonchev–Trinajstić information content (AvgIpc) is 3.53. The first-order valence-corrected chi connectivity index (χ1v) is 18.3. The molecule has 0 nitrogen and oxygen atoms in total. The van der Waals surface area contributed by atoms with Crippen LogP contribution in [0.15, 0.2) is 200 Å². The maximum atomic E-state index is 6.81. The van der Waals surface area contributed by atoms with Gasteiger partial charge in [0.05, 0.1) is 5.41 Å². The Morgan fingerprint density at radius 1 is 0.327 bits per heavy atom. The highest BCUT2D eigenvalue weighted by molar-refractivity contribution is 6.36. The summed E-state index contributed by atoms with van der Waals surface area (Å²) in [4.78, 5) is 0. The third kappa shape index (κ3) is 4.62. The molecule has 1 aliphatic rings. The third-order valence-corrected chi connectivity index (χ3v) is 11.3. The standard InChI is InChI=1S/C51H33Cl/c52-49-30-29-43(42-21-10-11-23-45(42)49)47-33-37(32-36-31-35(27-28-40(36)47)34-15-4-1-5-16-34)41-24-14-25-46-44-22-12-13-26-48(44)51(50(41)46,38-17-6-2-7-18-38)39-19-8-3-9-20-39/h1-33H. The SMILES string of the molecule is Clc1ccc(-c2cc(-c3cccc4c3C(c3ccccc3)(c3ccccc3)c3ccccc3-4)cc3cc(-c4ccccc4)ccc23)c2ccccc12. The zero-order chi connectivity index (χ0) is 34.6. The highest BCUT2D eigenvalue weighted by Gasteiger charge is 2.47. The summed E-state index contributed by atoms with van der Waals surface area (Å²) in [6.07, 6.45) is 0. The number of hydrogen-bond acceptors (Lipinski definition) is 0. The lowest BCUT2D eigenvalue weighted by Crippen LogP contribution is -2.29. The highest BCUT2D eigenvalue weighted by Crippen LogP contribution is 2.59. The monoisotopic (exact) mass is 680 g/mol. The first kappa shape index (κ1) is 30.6. The molecule has 0 spiro atoms. The molecule has 52 heavy (non-hydrogen) atoms. The lowest BCUT2D eigenvalue weighted by atomic mass is 9.66. The minimum Gasteiger partial charge on any atom is -0.0837 e. The minimum absolute atomic E-state index is 0.515. The molecule has 1 heteroatoms. The average molecular weight is 681 g/mol. The topological polar surface area (TPSA) is 0 Å². The smallest absolute Gasteiger partial charge is 0.0719 e. The van der Waals surface area contributed by atoms with Crippen molar-refractivity contribution >= 4 is 33.1 Å². The van der Waals surface area contributed by atoms with Crippen LogP contribution in [0.1, 0.15) is 22.3 Å². The summed E-state index contributed by atoms with van der Waals surface area (Å²) in [6.45, 7) is 0. The Morgan fingerprint density at radius 3 is 1.67 bits per heavy atom. The predicted molar refractivity (Wildman–Crippen MR) is 220 cm³/mol. The van der Waals surface area contributed by atoms with Gasteiger partial charge in [0.2, 0.25) is 0 Å². The second-order valence-electron chi connectivity index (χ2n) is 13.7. The van der Waals surface area contributed by atoms with Crippen molar-refractivity contribution in [2.45, 2.75) is 5.41 Å². The van der Waals surface area contributed by atoms with Gasteiger partial charge in [0.25, 0.3) is 0 Å². The Balaban J connectivity index is 1.33. The molecule has 0 atom stereocenters. The molecule has 0 fully saturated rings. The van der Waals surface area contributed by atoms with Crippen LogP contribution in [0.3, 0.4) is 0 Å². The van der Waals surface area contributed by atoms with Gasteiger partial charge in [-0.25, -0.2) is 0 Å². The van der Waals surface area contributed by atoms with Crippen LogP contribution in [-0.4, -0.2) is 0 Å². The van der Waals surface area contributed by atoms with E-state index in [0.29, 0.717) is 0 Å². The quantitative estimate of drug-likeness (QED) is 0.170. The Morgan fingerprint density at radius 2 is 0.923 bits per heavy atom. The van der Waals surface area contributed by atoms with Crippen molar-refractivity contribution in [2.24, 2.45) is 0 Å². The molecule has 0 bridgehead atoms. The van der Waals surface area contributed by atoms with Crippen LogP contribution in [0.2, 0.25) is 5.02 Å². The van der Waals surface area contributed by atoms with Crippen LogP contribution < -0.4 is 0 Å². The van der Waals surface area contributed by atoms with Crippen molar-refractivity contribution < 1.29 is 0 Å². The molecule has 0 amide bonds. The fraction of sp³-hybridized carbons (Fsp3) is 0.0196. The highest BCUT2D eigenvalue weighted by atomic mass is 35.5. The predicted octanol–water partition coefficient (Wildman–Crippen LogP) is 14.0. The summed E-state index contributed by atoms with van der Waals surface area (Å²) in [5.41, 5.74) is 14.4. The Labute approximate surface area is 309 Å². The van der Waals surface area contributed by atoms with Crippen molar-refractivity contribution in [3.63, 3.8) is 0 Å². The maximum Gasteiger partial charge on any atom is 0.0719 e. The second kappa shape index (κ2) is 12.2. The van der Waals surface area contributed by atoms with Crippen molar-refractivity contribution in [3.05, 3.63) is 227 Å². The zero-order valence-corrected chi connectivity index (χ0v) is 29.2. The Kier molecular flexibility index (Phi) is 7.20. The number of hydrogen-bond donors (Lipinski definition) is 0. The molecule has 0 saturated carbocycles. The van der Waals surface area contributed by atoms with E-state index in [1.165, 1.54) is 77.5 Å². The van der Waals surface area contributed by atoms with Crippen LogP contribution in [0.4, 0.5) is 0 Å². The first-order valence-electron chi connectivity index (χ1n) is 17.9. The van der Waals surface area contributed by atoms with E-state index in [1.807, 2.05) is 6.07 Å². The molecule has 0 saturated heterocycles. The molecule has 0 N–H and O–H groups in total. The van der Waals surface area contributed by atoms with Gasteiger partial charge in [-0.3, -0.25) is 0 Å². The molecule has 9 aromatic carbocycles. The number of halogens is 1. The number of fused-ring (bicyclic) bond motifs is 5. The molecule has 0 aliphatic heterocycles. The summed E-state index contributed by atoms with van der Waals surface area (Å²) in [6, 6.07) is 73.1. The van der Waals surface area contributed by atoms with Gasteiger partial charge >= 0.3 is 0 Å². The van der Waals surface area contributed by atoms with E-state index in [-0.39, 0.29) is 0 Å². The lowest BCUT2D eigenvalue weighted by Gasteiger charge is -2.35. The van der Waals surface area contributed by atoms with Gasteiger partial charge in [0.15, 0.2) is 0 Å². The maximum absolute atomic E-state index is 6.81. The molecular formula is C51H33Cl. The van der Waals surface area contributed by atoms with Crippen LogP contribution in [-0.2, 0) is 5.41 Å². The molecule has 0 radical (unpaired) electrons. The van der Waals surface area contributed by atoms with Gasteiger partial charge in [0.1, 0.15) is 0 Å². The van der Waals surface area contributed by atoms with Crippen molar-refractivity contribution in [1.82, 2.24) is 0 Å². The van der Waals surface area contributed by atoms with Gasteiger partial charge in [-0.1, -0.05) is 188 Å². The largest absolute Gasteiger partial charge is 0.0837 e. The fourth-order valence-corrected chi connectivity index (χ4v) is 9.03. The molecule has 10 rings (SSSR count). The van der Waals surface area contributed by atoms with E-state index < -0.39 is 5.41 Å². The van der Waals surface area contributed by atoms with Gasteiger partial charge in [0, 0.05) is 10.4 Å². The Hall–Kier alpha value is -6.21. The molecule has 0 aromatic heterocycles. The van der Waals surface area contributed by atoms with E-state index in [0.717, 1.165) is 15.8 Å². The van der Waals surface area contributed by atoms with Crippen LogP contribution in [0.5, 0.6) is 0 Å². The van der Waals surface area contributed by atoms with Crippen molar-refractivity contribution in [1.29, 1.82) is 0 Å². The summed E-state index contributed by atoms with van der Waals surface area (Å²) in [5, 5.41) is 5.38. The molecule has 0 unspecified atom stereocenters. The van der Waals surface area contributed by atoms with Crippen LogP contribution >= 0.6 is 11.6 Å². The van der Waals surface area contributed by atoms with E-state index in [4.69, 9.17) is 11.6 Å². The normalized spacial score (nSPS) is 12.9. The van der Waals surface area contributed by atoms with E-state index in [1.54, 1.807) is 0 Å². The molecule has 1 aliphatic carbocycles. The molecule has 244 valence electrons. The van der Waals surface area contributed by atoms with E-state index in [9.17, 15) is 0 Å². The van der Waals surface area contributed by atoms with Crippen LogP contribution in [0.25, 0.3) is 66.1 Å². The van der Waals surface area contributed by atoms with Gasteiger partial charge in [-0.15, -0.1) is 0 Å². The summed E-state index contributed by atoms with van der Waals surface area (Å²) < 4.78 is 0. The second-order valence-corrected chi connectivity index (χ2v) is 14.1. The molecular weight excluding hydrogens is 648 g/mol. The lowest BCUT2D eigenvalue weighted by molar-refractivity contribution is 0.770. The fourth-order valence-electron chi connectivity index (χ4n) is 8.80.